The lowest BCUT2D eigenvalue weighted by Crippen LogP contribution is -2.41. The van der Waals surface area contributed by atoms with E-state index in [1.807, 2.05) is 6.92 Å². The molecule has 0 bridgehead atoms. The summed E-state index contributed by atoms with van der Waals surface area (Å²) in [5, 5.41) is 15.8. The summed E-state index contributed by atoms with van der Waals surface area (Å²) < 4.78 is 10.6. The van der Waals surface area contributed by atoms with Gasteiger partial charge in [-0.1, -0.05) is 12.1 Å². The number of hydrogen-bond donors (Lipinski definition) is 3. The number of hydrogen-bond acceptors (Lipinski definition) is 5. The first-order valence-electron chi connectivity index (χ1n) is 9.81. The molecule has 1 heterocycles. The highest BCUT2D eigenvalue weighted by Crippen LogP contribution is 2.17. The molecule has 3 N–H and O–H groups in total. The van der Waals surface area contributed by atoms with E-state index in [2.05, 4.69) is 20.5 Å². The number of ether oxygens (including phenoxy) is 2. The predicted octanol–water partition coefficient (Wildman–Crippen LogP) is 1.07. The van der Waals surface area contributed by atoms with Crippen molar-refractivity contribution in [1.82, 2.24) is 15.5 Å². The molecule has 28 heavy (non-hydrogen) atoms. The molecular weight excluding hydrogens is 360 g/mol. The minimum Gasteiger partial charge on any atom is -0.507 e. The lowest BCUT2D eigenvalue weighted by atomic mass is 10.1. The summed E-state index contributed by atoms with van der Waals surface area (Å²) >= 11 is 0. The second kappa shape index (κ2) is 12.2. The number of phenolic OH excluding ortho intramolecular Hbond substituents is 1. The molecule has 0 aromatic heterocycles. The number of carbonyl (C=O) groups is 1. The van der Waals surface area contributed by atoms with Crippen LogP contribution in [0, 0.1) is 5.92 Å². The van der Waals surface area contributed by atoms with Gasteiger partial charge < -0.3 is 30.1 Å². The summed E-state index contributed by atoms with van der Waals surface area (Å²) in [4.78, 5) is 19.0. The minimum absolute atomic E-state index is 0.0207. The monoisotopic (exact) mass is 392 g/mol. The zero-order valence-corrected chi connectivity index (χ0v) is 16.8. The summed E-state index contributed by atoms with van der Waals surface area (Å²) in [6.45, 7) is 7.51. The van der Waals surface area contributed by atoms with E-state index in [1.54, 1.807) is 25.3 Å². The normalized spacial score (nSPS) is 17.0. The molecule has 1 aliphatic heterocycles. The van der Waals surface area contributed by atoms with Crippen molar-refractivity contribution in [2.24, 2.45) is 10.9 Å². The van der Waals surface area contributed by atoms with E-state index >= 15 is 0 Å². The maximum atomic E-state index is 12.1. The van der Waals surface area contributed by atoms with Gasteiger partial charge in [-0.3, -0.25) is 9.79 Å². The fraction of sp³-hybridized carbons (Fsp3) is 0.600. The molecule has 0 spiro atoms. The summed E-state index contributed by atoms with van der Waals surface area (Å²) in [7, 11) is 1.67. The number of likely N-dealkylation sites (tertiary alicyclic amines) is 1. The third kappa shape index (κ3) is 7.01. The molecule has 1 aromatic carbocycles. The lowest BCUT2D eigenvalue weighted by Gasteiger charge is -2.21. The third-order valence-corrected chi connectivity index (χ3v) is 4.51. The first kappa shape index (κ1) is 22.0. The van der Waals surface area contributed by atoms with Crippen LogP contribution in [-0.2, 0) is 9.47 Å². The van der Waals surface area contributed by atoms with Crippen LogP contribution in [0.2, 0.25) is 0 Å². The molecular formula is C20H32N4O4. The van der Waals surface area contributed by atoms with Crippen molar-refractivity contribution in [3.05, 3.63) is 29.8 Å². The number of benzene rings is 1. The molecule has 8 heteroatoms. The highest BCUT2D eigenvalue weighted by atomic mass is 16.5. The number of methoxy groups -OCH3 is 1. The Labute approximate surface area is 166 Å². The maximum absolute atomic E-state index is 12.1. The molecule has 1 amide bonds. The Balaban J connectivity index is 1.77. The fourth-order valence-corrected chi connectivity index (χ4v) is 3.07. The van der Waals surface area contributed by atoms with Gasteiger partial charge in [-0.15, -0.1) is 0 Å². The number of aliphatic imine (C=N–C) groups is 1. The number of para-hydroxylation sites is 1. The molecule has 1 saturated heterocycles. The van der Waals surface area contributed by atoms with Crippen molar-refractivity contribution in [1.29, 1.82) is 0 Å². The summed E-state index contributed by atoms with van der Waals surface area (Å²) in [5.41, 5.74) is 0.272. The Bertz CT molecular complexity index is 638. The Morgan fingerprint density at radius 3 is 2.89 bits per heavy atom. The minimum atomic E-state index is -0.298. The maximum Gasteiger partial charge on any atom is 0.255 e. The molecule has 1 unspecified atom stereocenters. The van der Waals surface area contributed by atoms with E-state index in [9.17, 15) is 9.90 Å². The van der Waals surface area contributed by atoms with Crippen molar-refractivity contribution in [2.45, 2.75) is 13.3 Å². The van der Waals surface area contributed by atoms with Crippen LogP contribution in [-0.4, -0.2) is 81.5 Å². The predicted molar refractivity (Wildman–Crippen MR) is 109 cm³/mol. The Kier molecular flexibility index (Phi) is 9.57. The van der Waals surface area contributed by atoms with Gasteiger partial charge in [-0.25, -0.2) is 0 Å². The van der Waals surface area contributed by atoms with Crippen molar-refractivity contribution in [3.63, 3.8) is 0 Å². The smallest absolute Gasteiger partial charge is 0.255 e. The number of aromatic hydroxyl groups is 1. The fourth-order valence-electron chi connectivity index (χ4n) is 3.07. The Morgan fingerprint density at radius 1 is 1.32 bits per heavy atom. The van der Waals surface area contributed by atoms with Crippen LogP contribution in [0.15, 0.2) is 29.3 Å². The molecule has 1 atom stereocenters. The average molecular weight is 393 g/mol. The van der Waals surface area contributed by atoms with E-state index in [4.69, 9.17) is 9.47 Å². The first-order valence-corrected chi connectivity index (χ1v) is 9.81. The number of rotatable bonds is 10. The van der Waals surface area contributed by atoms with E-state index in [-0.39, 0.29) is 17.2 Å². The largest absolute Gasteiger partial charge is 0.507 e. The van der Waals surface area contributed by atoms with Gasteiger partial charge in [0.05, 0.1) is 31.9 Å². The van der Waals surface area contributed by atoms with Gasteiger partial charge in [0.25, 0.3) is 5.91 Å². The summed E-state index contributed by atoms with van der Waals surface area (Å²) in [5.74, 6) is 1.03. The van der Waals surface area contributed by atoms with E-state index in [1.165, 1.54) is 6.07 Å². The zero-order chi connectivity index (χ0) is 20.2. The summed E-state index contributed by atoms with van der Waals surface area (Å²) in [6.07, 6.45) is 1.07. The molecule has 1 fully saturated rings. The standard InChI is InChI=1S/C20H32N4O4/c1-3-21-20(24-11-8-16(14-24)15-28-13-12-27-2)23-10-9-22-19(26)17-6-4-5-7-18(17)25/h4-7,16,25H,3,8-15H2,1-2H3,(H,21,23)(H,22,26). The van der Waals surface area contributed by atoms with Crippen molar-refractivity contribution in [2.75, 3.05) is 59.7 Å². The van der Waals surface area contributed by atoms with Crippen molar-refractivity contribution < 1.29 is 19.4 Å². The number of guanidine groups is 1. The quantitative estimate of drug-likeness (QED) is 0.313. The number of phenols is 1. The second-order valence-corrected chi connectivity index (χ2v) is 6.68. The van der Waals surface area contributed by atoms with Crippen LogP contribution in [0.3, 0.4) is 0 Å². The van der Waals surface area contributed by atoms with Gasteiger partial charge in [0.2, 0.25) is 0 Å². The van der Waals surface area contributed by atoms with Gasteiger partial charge in [0, 0.05) is 39.2 Å². The third-order valence-electron chi connectivity index (χ3n) is 4.51. The zero-order valence-electron chi connectivity index (χ0n) is 16.8. The molecule has 8 nitrogen and oxygen atoms in total. The van der Waals surface area contributed by atoms with E-state index in [0.717, 1.165) is 38.6 Å². The molecule has 1 aliphatic rings. The van der Waals surface area contributed by atoms with Crippen LogP contribution >= 0.6 is 0 Å². The average Bonchev–Trinajstić information content (AvgIpc) is 3.16. The highest BCUT2D eigenvalue weighted by molar-refractivity contribution is 5.96. The Hall–Kier alpha value is -2.32. The molecule has 0 saturated carbocycles. The van der Waals surface area contributed by atoms with E-state index in [0.29, 0.717) is 32.2 Å². The van der Waals surface area contributed by atoms with Crippen LogP contribution in [0.4, 0.5) is 0 Å². The van der Waals surface area contributed by atoms with Crippen LogP contribution in [0.25, 0.3) is 0 Å². The van der Waals surface area contributed by atoms with Gasteiger partial charge in [0.15, 0.2) is 5.96 Å². The number of nitrogens with one attached hydrogen (secondary N) is 2. The number of nitrogens with zero attached hydrogens (tertiary/aromatic N) is 2. The van der Waals surface area contributed by atoms with Gasteiger partial charge in [-0.05, 0) is 25.5 Å². The van der Waals surface area contributed by atoms with Gasteiger partial charge >= 0.3 is 0 Å². The number of carbonyl (C=O) groups excluding carboxylic acids is 1. The first-order chi connectivity index (χ1) is 13.7. The van der Waals surface area contributed by atoms with E-state index < -0.39 is 0 Å². The highest BCUT2D eigenvalue weighted by Gasteiger charge is 2.24. The van der Waals surface area contributed by atoms with Crippen LogP contribution in [0.1, 0.15) is 23.7 Å². The SMILES string of the molecule is CCNC(=NCCNC(=O)c1ccccc1O)N1CCC(COCCOC)C1. The second-order valence-electron chi connectivity index (χ2n) is 6.68. The molecule has 0 aliphatic carbocycles. The molecule has 2 rings (SSSR count). The molecule has 1 aromatic rings. The van der Waals surface area contributed by atoms with Gasteiger partial charge in [0.1, 0.15) is 5.75 Å². The number of amides is 1. The van der Waals surface area contributed by atoms with Crippen LogP contribution in [0.5, 0.6) is 5.75 Å². The van der Waals surface area contributed by atoms with Crippen LogP contribution < -0.4 is 10.6 Å². The van der Waals surface area contributed by atoms with Crippen molar-refractivity contribution >= 4 is 11.9 Å². The summed E-state index contributed by atoms with van der Waals surface area (Å²) in [6, 6.07) is 6.50. The van der Waals surface area contributed by atoms with Gasteiger partial charge in [-0.2, -0.15) is 0 Å². The lowest BCUT2D eigenvalue weighted by molar-refractivity contribution is 0.0536. The Morgan fingerprint density at radius 2 is 2.14 bits per heavy atom. The molecule has 0 radical (unpaired) electrons. The topological polar surface area (TPSA) is 95.4 Å². The van der Waals surface area contributed by atoms with Crippen molar-refractivity contribution in [3.8, 4) is 5.75 Å². The molecule has 156 valence electrons.